The minimum atomic E-state index is 0. The molecule has 0 saturated carbocycles. The van der Waals surface area contributed by atoms with Crippen LogP contribution in [-0.4, -0.2) is 41.6 Å². The second-order valence-corrected chi connectivity index (χ2v) is 5.88. The highest BCUT2D eigenvalue weighted by molar-refractivity contribution is 4.77. The molecule has 0 saturated heterocycles. The van der Waals surface area contributed by atoms with Gasteiger partial charge in [0, 0.05) is 11.1 Å². The Bertz CT molecular complexity index is 133. The van der Waals surface area contributed by atoms with Gasteiger partial charge in [0.25, 0.3) is 0 Å². The van der Waals surface area contributed by atoms with E-state index in [0.29, 0.717) is 0 Å². The molecule has 0 N–H and O–H groups in total. The average Bonchev–Trinajstić information content (AvgIpc) is 1.82. The summed E-state index contributed by atoms with van der Waals surface area (Å²) in [4.78, 5) is 4.72. The Kier molecular flexibility index (Phi) is 5.99. The summed E-state index contributed by atoms with van der Waals surface area (Å²) in [5.41, 5.74) is 0.499. The minimum absolute atomic E-state index is 0. The molecule has 0 amide bonds. The Morgan fingerprint density at radius 1 is 0.714 bits per heavy atom. The number of rotatable bonds is 2. The van der Waals surface area contributed by atoms with Crippen molar-refractivity contribution in [3.63, 3.8) is 0 Å². The van der Waals surface area contributed by atoms with Crippen LogP contribution in [0.5, 0.6) is 0 Å². The number of hydrogen-bond acceptors (Lipinski definition) is 2. The molecule has 0 aromatic carbocycles. The van der Waals surface area contributed by atoms with Gasteiger partial charge in [-0.2, -0.15) is 0 Å². The van der Waals surface area contributed by atoms with Crippen LogP contribution >= 0.6 is 0 Å². The fourth-order valence-electron chi connectivity index (χ4n) is 0.742. The third kappa shape index (κ3) is 5.61. The van der Waals surface area contributed by atoms with Crippen molar-refractivity contribution in [2.24, 2.45) is 0 Å². The monoisotopic (exact) mass is 202 g/mol. The molecule has 0 aromatic rings. The Labute approximate surface area is 91.3 Å². The van der Waals surface area contributed by atoms with Gasteiger partial charge in [0.1, 0.15) is 0 Å². The van der Waals surface area contributed by atoms with Crippen molar-refractivity contribution in [3.8, 4) is 0 Å². The van der Waals surface area contributed by atoms with Crippen LogP contribution in [0.2, 0.25) is 0 Å². The van der Waals surface area contributed by atoms with Gasteiger partial charge in [0.05, 0.1) is 6.67 Å². The fraction of sp³-hybridized carbons (Fsp3) is 1.00. The van der Waals surface area contributed by atoms with Crippen LogP contribution in [0.25, 0.3) is 0 Å². The van der Waals surface area contributed by atoms with E-state index in [0.717, 1.165) is 6.67 Å². The van der Waals surface area contributed by atoms with E-state index in [1.807, 2.05) is 0 Å². The van der Waals surface area contributed by atoms with E-state index in [4.69, 9.17) is 0 Å². The lowest BCUT2D eigenvalue weighted by atomic mass is 10.1. The van der Waals surface area contributed by atoms with Gasteiger partial charge in [-0.25, -0.2) is 0 Å². The van der Waals surface area contributed by atoms with E-state index in [1.165, 1.54) is 0 Å². The van der Waals surface area contributed by atoms with Crippen molar-refractivity contribution in [2.75, 3.05) is 20.8 Å². The molecular weight excluding hydrogens is 172 g/mol. The largest absolute Gasteiger partial charge is 0.289 e. The molecule has 14 heavy (non-hydrogen) atoms. The molecule has 0 radical (unpaired) electrons. The van der Waals surface area contributed by atoms with Gasteiger partial charge in [0.15, 0.2) is 0 Å². The molecule has 88 valence electrons. The van der Waals surface area contributed by atoms with Gasteiger partial charge >= 0.3 is 0 Å². The highest BCUT2D eigenvalue weighted by atomic mass is 15.3. The van der Waals surface area contributed by atoms with Crippen LogP contribution in [0, 0.1) is 0 Å². The average molecular weight is 202 g/mol. The lowest BCUT2D eigenvalue weighted by Gasteiger charge is -2.40. The van der Waals surface area contributed by atoms with Crippen LogP contribution in [-0.2, 0) is 0 Å². The molecule has 0 rings (SSSR count). The molecule has 2 nitrogen and oxygen atoms in total. The molecule has 0 aromatic heterocycles. The first-order valence-corrected chi connectivity index (χ1v) is 4.97. The Hall–Kier alpha value is -0.0800. The summed E-state index contributed by atoms with van der Waals surface area (Å²) in [6, 6.07) is 0. The standard InChI is InChI=1S/C11H26N2.CH4/c1-10(2,3)12(7)9-13(8)11(4,5)6;/h9H2,1-8H3;1H4. The molecule has 0 bridgehead atoms. The molecular formula is C12H30N2. The Morgan fingerprint density at radius 3 is 1.07 bits per heavy atom. The summed E-state index contributed by atoms with van der Waals surface area (Å²) in [7, 11) is 4.34. The lowest BCUT2D eigenvalue weighted by Crippen LogP contribution is -2.49. The van der Waals surface area contributed by atoms with Gasteiger partial charge in [-0.1, -0.05) is 7.43 Å². The van der Waals surface area contributed by atoms with Crippen molar-refractivity contribution in [3.05, 3.63) is 0 Å². The molecule has 0 aliphatic heterocycles. The summed E-state index contributed by atoms with van der Waals surface area (Å²) in [6.07, 6.45) is 0. The summed E-state index contributed by atoms with van der Waals surface area (Å²) < 4.78 is 0. The van der Waals surface area contributed by atoms with Crippen molar-refractivity contribution >= 4 is 0 Å². The maximum atomic E-state index is 2.36. The SMILES string of the molecule is C.CN(CN(C)C(C)(C)C)C(C)(C)C. The highest BCUT2D eigenvalue weighted by Gasteiger charge is 2.23. The zero-order valence-electron chi connectivity index (χ0n) is 10.6. The van der Waals surface area contributed by atoms with E-state index >= 15 is 0 Å². The van der Waals surface area contributed by atoms with Gasteiger partial charge in [-0.05, 0) is 55.6 Å². The Morgan fingerprint density at radius 2 is 0.929 bits per heavy atom. The van der Waals surface area contributed by atoms with Crippen LogP contribution in [0.4, 0.5) is 0 Å². The summed E-state index contributed by atoms with van der Waals surface area (Å²) in [6.45, 7) is 14.4. The fourth-order valence-corrected chi connectivity index (χ4v) is 0.742. The van der Waals surface area contributed by atoms with Crippen LogP contribution in [0.15, 0.2) is 0 Å². The second kappa shape index (κ2) is 5.13. The molecule has 0 spiro atoms. The molecule has 0 fully saturated rings. The smallest absolute Gasteiger partial charge is 0.0510 e. The first kappa shape index (κ1) is 16.4. The van der Waals surface area contributed by atoms with E-state index < -0.39 is 0 Å². The second-order valence-electron chi connectivity index (χ2n) is 5.88. The van der Waals surface area contributed by atoms with E-state index in [9.17, 15) is 0 Å². The number of hydrogen-bond donors (Lipinski definition) is 0. The topological polar surface area (TPSA) is 6.48 Å². The molecule has 0 heterocycles. The quantitative estimate of drug-likeness (QED) is 0.635. The zero-order chi connectivity index (χ0) is 10.9. The van der Waals surface area contributed by atoms with Crippen LogP contribution < -0.4 is 0 Å². The maximum Gasteiger partial charge on any atom is 0.0510 e. The van der Waals surface area contributed by atoms with Crippen molar-refractivity contribution in [2.45, 2.75) is 60.0 Å². The van der Waals surface area contributed by atoms with E-state index in [1.54, 1.807) is 0 Å². The van der Waals surface area contributed by atoms with E-state index in [-0.39, 0.29) is 18.5 Å². The third-order valence-corrected chi connectivity index (χ3v) is 2.71. The van der Waals surface area contributed by atoms with E-state index in [2.05, 4.69) is 65.4 Å². The van der Waals surface area contributed by atoms with Crippen LogP contribution in [0.1, 0.15) is 49.0 Å². The predicted molar refractivity (Wildman–Crippen MR) is 66.6 cm³/mol. The van der Waals surface area contributed by atoms with Crippen molar-refractivity contribution < 1.29 is 0 Å². The molecule has 0 atom stereocenters. The van der Waals surface area contributed by atoms with Gasteiger partial charge in [0.2, 0.25) is 0 Å². The predicted octanol–water partition coefficient (Wildman–Crippen LogP) is 3.04. The summed E-state index contributed by atoms with van der Waals surface area (Å²) in [5, 5.41) is 0. The van der Waals surface area contributed by atoms with Gasteiger partial charge < -0.3 is 0 Å². The van der Waals surface area contributed by atoms with Crippen molar-refractivity contribution in [1.82, 2.24) is 9.80 Å². The molecule has 2 heteroatoms. The number of nitrogens with zero attached hydrogens (tertiary/aromatic N) is 2. The first-order chi connectivity index (χ1) is 5.55. The Balaban J connectivity index is 0. The van der Waals surface area contributed by atoms with Crippen molar-refractivity contribution in [1.29, 1.82) is 0 Å². The minimum Gasteiger partial charge on any atom is -0.289 e. The summed E-state index contributed by atoms with van der Waals surface area (Å²) in [5.74, 6) is 0. The van der Waals surface area contributed by atoms with Gasteiger partial charge in [-0.3, -0.25) is 9.80 Å². The molecule has 0 aliphatic rings. The first-order valence-electron chi connectivity index (χ1n) is 4.97. The zero-order valence-corrected chi connectivity index (χ0v) is 10.6. The lowest BCUT2D eigenvalue weighted by molar-refractivity contribution is 0.0482. The maximum absolute atomic E-state index is 2.36. The molecule has 0 aliphatic carbocycles. The summed E-state index contributed by atoms with van der Waals surface area (Å²) >= 11 is 0. The third-order valence-electron chi connectivity index (χ3n) is 2.71. The molecule has 0 unspecified atom stereocenters. The highest BCUT2D eigenvalue weighted by Crippen LogP contribution is 2.15. The van der Waals surface area contributed by atoms with Crippen LogP contribution in [0.3, 0.4) is 0 Å². The van der Waals surface area contributed by atoms with Gasteiger partial charge in [-0.15, -0.1) is 0 Å². The normalized spacial score (nSPS) is 13.3.